The summed E-state index contributed by atoms with van der Waals surface area (Å²) in [5.41, 5.74) is 4.84. The molecule has 0 bridgehead atoms. The smallest absolute Gasteiger partial charge is 0.227 e. The Morgan fingerprint density at radius 3 is 2.50 bits per heavy atom. The Morgan fingerprint density at radius 1 is 1.67 bits per heavy atom. The van der Waals surface area contributed by atoms with Crippen LogP contribution in [-0.2, 0) is 4.79 Å². The molecule has 4 N–H and O–H groups in total. The van der Waals surface area contributed by atoms with Crippen LogP contribution in [0, 0.1) is 5.41 Å². The van der Waals surface area contributed by atoms with Crippen molar-refractivity contribution in [2.75, 3.05) is 13.1 Å². The first kappa shape index (κ1) is 11.4. The molecule has 0 saturated carbocycles. The van der Waals surface area contributed by atoms with Crippen molar-refractivity contribution in [3.8, 4) is 0 Å². The third-order valence-corrected chi connectivity index (χ3v) is 1.68. The number of amides is 1. The quantitative estimate of drug-likeness (QED) is 0.536. The van der Waals surface area contributed by atoms with Crippen molar-refractivity contribution in [2.24, 2.45) is 11.1 Å². The Bertz CT molecular complexity index is 155. The van der Waals surface area contributed by atoms with Gasteiger partial charge in [0.25, 0.3) is 0 Å². The van der Waals surface area contributed by atoms with Crippen LogP contribution in [0.2, 0.25) is 0 Å². The molecule has 1 amide bonds. The highest BCUT2D eigenvalue weighted by Crippen LogP contribution is 2.11. The Balaban J connectivity index is 3.88. The van der Waals surface area contributed by atoms with Gasteiger partial charge < -0.3 is 16.2 Å². The molecule has 0 saturated heterocycles. The van der Waals surface area contributed by atoms with Crippen LogP contribution >= 0.6 is 0 Å². The van der Waals surface area contributed by atoms with E-state index >= 15 is 0 Å². The van der Waals surface area contributed by atoms with E-state index in [0.29, 0.717) is 6.54 Å². The van der Waals surface area contributed by atoms with E-state index < -0.39 is 11.5 Å². The van der Waals surface area contributed by atoms with Crippen molar-refractivity contribution < 1.29 is 9.90 Å². The van der Waals surface area contributed by atoms with Crippen molar-refractivity contribution in [1.29, 1.82) is 0 Å². The third-order valence-electron chi connectivity index (χ3n) is 1.68. The molecular weight excluding hydrogens is 156 g/mol. The minimum atomic E-state index is -0.547. The molecule has 4 heteroatoms. The summed E-state index contributed by atoms with van der Waals surface area (Å²) in [4.78, 5) is 11.3. The molecule has 0 radical (unpaired) electrons. The number of aliphatic hydroxyl groups excluding tert-OH is 1. The van der Waals surface area contributed by atoms with E-state index in [0.717, 1.165) is 0 Å². The molecule has 4 nitrogen and oxygen atoms in total. The maximum absolute atomic E-state index is 11.3. The lowest BCUT2D eigenvalue weighted by molar-refractivity contribution is -0.129. The van der Waals surface area contributed by atoms with Crippen LogP contribution in [0.15, 0.2) is 0 Å². The topological polar surface area (TPSA) is 75.3 Å². The molecule has 0 fully saturated rings. The second kappa shape index (κ2) is 4.42. The molecule has 1 atom stereocenters. The van der Waals surface area contributed by atoms with Gasteiger partial charge in [-0.25, -0.2) is 0 Å². The van der Waals surface area contributed by atoms with Crippen molar-refractivity contribution in [1.82, 2.24) is 5.32 Å². The maximum atomic E-state index is 11.3. The van der Waals surface area contributed by atoms with E-state index in [1.54, 1.807) is 20.8 Å². The summed E-state index contributed by atoms with van der Waals surface area (Å²) in [6.45, 7) is 5.74. The minimum Gasteiger partial charge on any atom is -0.392 e. The average Bonchev–Trinajstić information content (AvgIpc) is 2.00. The third kappa shape index (κ3) is 3.69. The molecule has 0 aromatic rings. The number of rotatable bonds is 4. The Labute approximate surface area is 73.1 Å². The highest BCUT2D eigenvalue weighted by atomic mass is 16.3. The fourth-order valence-electron chi connectivity index (χ4n) is 0.572. The van der Waals surface area contributed by atoms with Crippen molar-refractivity contribution in [3.63, 3.8) is 0 Å². The Kier molecular flexibility index (Phi) is 4.20. The van der Waals surface area contributed by atoms with Crippen molar-refractivity contribution in [3.05, 3.63) is 0 Å². The monoisotopic (exact) mass is 174 g/mol. The predicted molar refractivity (Wildman–Crippen MR) is 47.5 cm³/mol. The summed E-state index contributed by atoms with van der Waals surface area (Å²) in [6.07, 6.45) is -0.512. The molecule has 0 aromatic heterocycles. The van der Waals surface area contributed by atoms with Gasteiger partial charge in [-0.2, -0.15) is 0 Å². The molecule has 12 heavy (non-hydrogen) atoms. The average molecular weight is 174 g/mol. The maximum Gasteiger partial charge on any atom is 0.227 e. The van der Waals surface area contributed by atoms with Crippen LogP contribution in [0.1, 0.15) is 20.8 Å². The minimum absolute atomic E-state index is 0.120. The molecule has 0 aliphatic rings. The van der Waals surface area contributed by atoms with Crippen LogP contribution in [0.25, 0.3) is 0 Å². The van der Waals surface area contributed by atoms with Gasteiger partial charge in [0.15, 0.2) is 0 Å². The number of nitrogens with two attached hydrogens (primary N) is 1. The SMILES string of the molecule is CC(O)CNC(=O)C(C)(C)CN. The van der Waals surface area contributed by atoms with Gasteiger partial charge in [0.1, 0.15) is 0 Å². The molecule has 0 aromatic carbocycles. The molecule has 0 aliphatic heterocycles. The zero-order chi connectivity index (χ0) is 9.78. The van der Waals surface area contributed by atoms with Crippen LogP contribution in [0.3, 0.4) is 0 Å². The van der Waals surface area contributed by atoms with Gasteiger partial charge in [-0.3, -0.25) is 4.79 Å². The van der Waals surface area contributed by atoms with E-state index in [9.17, 15) is 4.79 Å². The summed E-state index contributed by atoms with van der Waals surface area (Å²) in [6, 6.07) is 0. The Hall–Kier alpha value is -0.610. The lowest BCUT2D eigenvalue weighted by atomic mass is 9.93. The Morgan fingerprint density at radius 2 is 2.17 bits per heavy atom. The van der Waals surface area contributed by atoms with Crippen LogP contribution in [0.4, 0.5) is 0 Å². The summed E-state index contributed by atoms with van der Waals surface area (Å²) in [5, 5.41) is 11.5. The molecule has 0 rings (SSSR count). The van der Waals surface area contributed by atoms with E-state index in [1.807, 2.05) is 0 Å². The lowest BCUT2D eigenvalue weighted by Crippen LogP contribution is -2.43. The first-order valence-corrected chi connectivity index (χ1v) is 4.06. The second-order valence-corrected chi connectivity index (χ2v) is 3.65. The van der Waals surface area contributed by atoms with Gasteiger partial charge in [0, 0.05) is 13.1 Å². The van der Waals surface area contributed by atoms with Crippen LogP contribution < -0.4 is 11.1 Å². The highest BCUT2D eigenvalue weighted by Gasteiger charge is 2.25. The number of hydrogen-bond donors (Lipinski definition) is 3. The largest absolute Gasteiger partial charge is 0.392 e. The van der Waals surface area contributed by atoms with Crippen LogP contribution in [0.5, 0.6) is 0 Å². The van der Waals surface area contributed by atoms with Crippen LogP contribution in [-0.4, -0.2) is 30.2 Å². The van der Waals surface area contributed by atoms with Gasteiger partial charge in [-0.1, -0.05) is 0 Å². The second-order valence-electron chi connectivity index (χ2n) is 3.65. The molecule has 0 aliphatic carbocycles. The van der Waals surface area contributed by atoms with Gasteiger partial charge in [-0.05, 0) is 20.8 Å². The van der Waals surface area contributed by atoms with Gasteiger partial charge in [-0.15, -0.1) is 0 Å². The summed E-state index contributed by atoms with van der Waals surface area (Å²) in [5.74, 6) is -0.120. The molecule has 0 heterocycles. The van der Waals surface area contributed by atoms with Crippen molar-refractivity contribution in [2.45, 2.75) is 26.9 Å². The first-order valence-electron chi connectivity index (χ1n) is 4.06. The van der Waals surface area contributed by atoms with E-state index in [2.05, 4.69) is 5.32 Å². The summed E-state index contributed by atoms with van der Waals surface area (Å²) < 4.78 is 0. The van der Waals surface area contributed by atoms with Gasteiger partial charge >= 0.3 is 0 Å². The number of nitrogens with one attached hydrogen (secondary N) is 1. The highest BCUT2D eigenvalue weighted by molar-refractivity contribution is 5.82. The van der Waals surface area contributed by atoms with Gasteiger partial charge in [0.2, 0.25) is 5.91 Å². The summed E-state index contributed by atoms with van der Waals surface area (Å²) in [7, 11) is 0. The molecule has 0 spiro atoms. The van der Waals surface area contributed by atoms with E-state index in [1.165, 1.54) is 0 Å². The van der Waals surface area contributed by atoms with E-state index in [4.69, 9.17) is 10.8 Å². The number of carbonyl (C=O) groups is 1. The standard InChI is InChI=1S/C8H18N2O2/c1-6(11)4-10-7(12)8(2,3)5-9/h6,11H,4-5,9H2,1-3H3,(H,10,12). The zero-order valence-corrected chi connectivity index (χ0v) is 7.92. The number of carbonyl (C=O) groups excluding carboxylic acids is 1. The molecule has 72 valence electrons. The predicted octanol–water partition coefficient (Wildman–Crippen LogP) is -0.532. The first-order chi connectivity index (χ1) is 5.40. The van der Waals surface area contributed by atoms with E-state index in [-0.39, 0.29) is 12.5 Å². The van der Waals surface area contributed by atoms with Crippen molar-refractivity contribution >= 4 is 5.91 Å². The van der Waals surface area contributed by atoms with Gasteiger partial charge in [0.05, 0.1) is 11.5 Å². The summed E-state index contributed by atoms with van der Waals surface area (Å²) >= 11 is 0. The lowest BCUT2D eigenvalue weighted by Gasteiger charge is -2.21. The number of aliphatic hydroxyl groups is 1. The fraction of sp³-hybridized carbons (Fsp3) is 0.875. The fourth-order valence-corrected chi connectivity index (χ4v) is 0.572. The molecular formula is C8H18N2O2. The molecule has 1 unspecified atom stereocenters. The normalized spacial score (nSPS) is 14.1. The number of hydrogen-bond acceptors (Lipinski definition) is 3. The zero-order valence-electron chi connectivity index (χ0n) is 7.92.